The Hall–Kier alpha value is -2.15. The van der Waals surface area contributed by atoms with Crippen molar-refractivity contribution >= 4 is 11.5 Å². The fourth-order valence-electron chi connectivity index (χ4n) is 1.89. The van der Waals surface area contributed by atoms with E-state index in [0.717, 1.165) is 24.9 Å². The highest BCUT2D eigenvalue weighted by molar-refractivity contribution is 5.79. The summed E-state index contributed by atoms with van der Waals surface area (Å²) < 4.78 is 0. The molecule has 7 heteroatoms. The summed E-state index contributed by atoms with van der Waals surface area (Å²) in [5, 5.41) is 25.3. The smallest absolute Gasteiger partial charge is 0.272 e. The Morgan fingerprint density at radius 2 is 2.25 bits per heavy atom. The van der Waals surface area contributed by atoms with E-state index < -0.39 is 0 Å². The maximum atomic E-state index is 10.8. The molecule has 0 spiro atoms. The molecule has 0 heterocycles. The minimum Gasteiger partial charge on any atom is -0.409 e. The summed E-state index contributed by atoms with van der Waals surface area (Å²) in [7, 11) is 0. The monoisotopic (exact) mass is 280 g/mol. The first kappa shape index (κ1) is 15.9. The largest absolute Gasteiger partial charge is 0.409 e. The molecule has 1 aromatic rings. The number of nitrogens with two attached hydrogens (primary N) is 1. The Kier molecular flexibility index (Phi) is 6.45. The first-order chi connectivity index (χ1) is 9.56. The third-order valence-corrected chi connectivity index (χ3v) is 3.09. The Morgan fingerprint density at radius 1 is 1.50 bits per heavy atom. The molecule has 0 unspecified atom stereocenters. The number of nitro groups is 1. The molecule has 0 aliphatic carbocycles. The Morgan fingerprint density at radius 3 is 2.90 bits per heavy atom. The lowest BCUT2D eigenvalue weighted by molar-refractivity contribution is -0.385. The standard InChI is InChI=1S/C13H20N4O3/c1-10-11(5-4-6-12(10)17(19)20)9-15-8-3-2-7-13(14)16-18/h4-6,15,18H,2-3,7-9H2,1H3,(H2,14,16). The molecule has 110 valence electrons. The maximum Gasteiger partial charge on any atom is 0.272 e. The highest BCUT2D eigenvalue weighted by Gasteiger charge is 2.12. The van der Waals surface area contributed by atoms with Gasteiger partial charge in [0.2, 0.25) is 0 Å². The second-order valence-corrected chi connectivity index (χ2v) is 4.54. The van der Waals surface area contributed by atoms with E-state index in [1.807, 2.05) is 6.07 Å². The number of amidine groups is 1. The average molecular weight is 280 g/mol. The molecule has 0 saturated carbocycles. The molecule has 0 aliphatic rings. The summed E-state index contributed by atoms with van der Waals surface area (Å²) in [5.74, 6) is 0.236. The molecule has 1 aromatic carbocycles. The van der Waals surface area contributed by atoms with Crippen LogP contribution in [0.3, 0.4) is 0 Å². The van der Waals surface area contributed by atoms with Gasteiger partial charge in [0, 0.05) is 24.6 Å². The van der Waals surface area contributed by atoms with Crippen molar-refractivity contribution in [2.45, 2.75) is 32.7 Å². The van der Waals surface area contributed by atoms with Crippen LogP contribution < -0.4 is 11.1 Å². The Balaban J connectivity index is 2.36. The minimum atomic E-state index is -0.365. The molecule has 0 bridgehead atoms. The summed E-state index contributed by atoms with van der Waals surface area (Å²) >= 11 is 0. The molecular weight excluding hydrogens is 260 g/mol. The second-order valence-electron chi connectivity index (χ2n) is 4.54. The zero-order valence-electron chi connectivity index (χ0n) is 11.5. The highest BCUT2D eigenvalue weighted by Crippen LogP contribution is 2.20. The van der Waals surface area contributed by atoms with Crippen molar-refractivity contribution in [1.29, 1.82) is 0 Å². The number of hydrogen-bond donors (Lipinski definition) is 3. The van der Waals surface area contributed by atoms with E-state index in [9.17, 15) is 10.1 Å². The number of oxime groups is 1. The quantitative estimate of drug-likeness (QED) is 0.168. The number of nitro benzene ring substituents is 1. The van der Waals surface area contributed by atoms with Crippen molar-refractivity contribution in [1.82, 2.24) is 5.32 Å². The molecule has 0 amide bonds. The van der Waals surface area contributed by atoms with Crippen LogP contribution in [0.25, 0.3) is 0 Å². The van der Waals surface area contributed by atoms with E-state index in [1.54, 1.807) is 13.0 Å². The first-order valence-electron chi connectivity index (χ1n) is 6.46. The van der Waals surface area contributed by atoms with E-state index >= 15 is 0 Å². The van der Waals surface area contributed by atoms with Gasteiger partial charge in [0.05, 0.1) is 4.92 Å². The van der Waals surface area contributed by atoms with Gasteiger partial charge in [-0.15, -0.1) is 0 Å². The van der Waals surface area contributed by atoms with Gasteiger partial charge in [0.25, 0.3) is 5.69 Å². The van der Waals surface area contributed by atoms with Crippen LogP contribution in [0, 0.1) is 17.0 Å². The fourth-order valence-corrected chi connectivity index (χ4v) is 1.89. The van der Waals surface area contributed by atoms with Crippen LogP contribution in [-0.4, -0.2) is 22.5 Å². The van der Waals surface area contributed by atoms with Crippen LogP contribution in [0.2, 0.25) is 0 Å². The molecular formula is C13H20N4O3. The fraction of sp³-hybridized carbons (Fsp3) is 0.462. The van der Waals surface area contributed by atoms with E-state index in [2.05, 4.69) is 10.5 Å². The van der Waals surface area contributed by atoms with Gasteiger partial charge >= 0.3 is 0 Å². The molecule has 20 heavy (non-hydrogen) atoms. The number of unbranched alkanes of at least 4 members (excludes halogenated alkanes) is 1. The van der Waals surface area contributed by atoms with Crippen LogP contribution in [-0.2, 0) is 6.54 Å². The minimum absolute atomic E-state index is 0.149. The van der Waals surface area contributed by atoms with Crippen molar-refractivity contribution in [2.24, 2.45) is 10.9 Å². The lowest BCUT2D eigenvalue weighted by Crippen LogP contribution is -2.17. The average Bonchev–Trinajstić information content (AvgIpc) is 2.43. The van der Waals surface area contributed by atoms with Gasteiger partial charge in [-0.1, -0.05) is 17.3 Å². The van der Waals surface area contributed by atoms with Gasteiger partial charge in [-0.05, 0) is 31.9 Å². The molecule has 0 aromatic heterocycles. The number of nitrogens with zero attached hydrogens (tertiary/aromatic N) is 2. The first-order valence-corrected chi connectivity index (χ1v) is 6.46. The molecule has 1 rings (SSSR count). The normalized spacial score (nSPS) is 11.6. The molecule has 4 N–H and O–H groups in total. The topological polar surface area (TPSA) is 114 Å². The van der Waals surface area contributed by atoms with E-state index in [1.165, 1.54) is 6.07 Å². The van der Waals surface area contributed by atoms with Gasteiger partial charge in [-0.25, -0.2) is 0 Å². The van der Waals surface area contributed by atoms with Crippen molar-refractivity contribution in [3.05, 3.63) is 39.4 Å². The zero-order chi connectivity index (χ0) is 15.0. The molecule has 0 saturated heterocycles. The lowest BCUT2D eigenvalue weighted by atomic mass is 10.1. The Bertz CT molecular complexity index is 489. The molecule has 0 radical (unpaired) electrons. The second kappa shape index (κ2) is 8.11. The van der Waals surface area contributed by atoms with Gasteiger partial charge < -0.3 is 16.3 Å². The van der Waals surface area contributed by atoms with Crippen molar-refractivity contribution in [2.75, 3.05) is 6.54 Å². The summed E-state index contributed by atoms with van der Waals surface area (Å²) in [4.78, 5) is 10.5. The van der Waals surface area contributed by atoms with Crippen LogP contribution in [0.4, 0.5) is 5.69 Å². The van der Waals surface area contributed by atoms with E-state index in [0.29, 0.717) is 18.5 Å². The van der Waals surface area contributed by atoms with E-state index in [4.69, 9.17) is 10.9 Å². The van der Waals surface area contributed by atoms with Crippen molar-refractivity contribution < 1.29 is 10.1 Å². The molecule has 0 fully saturated rings. The van der Waals surface area contributed by atoms with Crippen LogP contribution in [0.5, 0.6) is 0 Å². The predicted molar refractivity (Wildman–Crippen MR) is 76.8 cm³/mol. The van der Waals surface area contributed by atoms with Crippen molar-refractivity contribution in [3.8, 4) is 0 Å². The summed E-state index contributed by atoms with van der Waals surface area (Å²) in [6.07, 6.45) is 2.29. The SMILES string of the molecule is Cc1c(CNCCCC/C(N)=N/O)cccc1[N+](=O)[O-]. The zero-order valence-corrected chi connectivity index (χ0v) is 11.5. The van der Waals surface area contributed by atoms with Gasteiger partial charge in [-0.2, -0.15) is 0 Å². The summed E-state index contributed by atoms with van der Waals surface area (Å²) in [6.45, 7) is 3.13. The van der Waals surface area contributed by atoms with Gasteiger partial charge in [-0.3, -0.25) is 10.1 Å². The number of nitrogens with one attached hydrogen (secondary N) is 1. The number of benzene rings is 1. The predicted octanol–water partition coefficient (Wildman–Crippen LogP) is 1.91. The third kappa shape index (κ3) is 4.85. The highest BCUT2D eigenvalue weighted by atomic mass is 16.6. The van der Waals surface area contributed by atoms with Crippen LogP contribution in [0.1, 0.15) is 30.4 Å². The van der Waals surface area contributed by atoms with Gasteiger partial charge in [0.1, 0.15) is 5.84 Å². The maximum absolute atomic E-state index is 10.8. The van der Waals surface area contributed by atoms with Gasteiger partial charge in [0.15, 0.2) is 0 Å². The van der Waals surface area contributed by atoms with E-state index in [-0.39, 0.29) is 16.4 Å². The molecule has 0 atom stereocenters. The third-order valence-electron chi connectivity index (χ3n) is 3.09. The van der Waals surface area contributed by atoms with Crippen LogP contribution in [0.15, 0.2) is 23.4 Å². The molecule has 0 aliphatic heterocycles. The van der Waals surface area contributed by atoms with Crippen molar-refractivity contribution in [3.63, 3.8) is 0 Å². The lowest BCUT2D eigenvalue weighted by Gasteiger charge is -2.08. The Labute approximate surface area is 117 Å². The molecule has 7 nitrogen and oxygen atoms in total. The number of hydrogen-bond acceptors (Lipinski definition) is 5. The summed E-state index contributed by atoms with van der Waals surface area (Å²) in [6, 6.07) is 5.09. The number of rotatable bonds is 8. The summed E-state index contributed by atoms with van der Waals surface area (Å²) in [5.41, 5.74) is 7.13. The van der Waals surface area contributed by atoms with Crippen LogP contribution >= 0.6 is 0 Å².